The molecule has 2 amide bonds. The van der Waals surface area contributed by atoms with E-state index >= 15 is 0 Å². The second kappa shape index (κ2) is 6.55. The first kappa shape index (κ1) is 14.6. The van der Waals surface area contributed by atoms with Crippen molar-refractivity contribution in [1.29, 1.82) is 0 Å². The van der Waals surface area contributed by atoms with Crippen molar-refractivity contribution < 1.29 is 9.59 Å². The molecule has 1 aromatic rings. The zero-order chi connectivity index (χ0) is 14.5. The fraction of sp³-hybridized carbons (Fsp3) is 0.500. The Morgan fingerprint density at radius 2 is 1.85 bits per heavy atom. The maximum absolute atomic E-state index is 12.0. The third-order valence-corrected chi connectivity index (χ3v) is 3.85. The summed E-state index contributed by atoms with van der Waals surface area (Å²) in [6, 6.07) is 5.65. The Kier molecular flexibility index (Phi) is 4.77. The lowest BCUT2D eigenvalue weighted by molar-refractivity contribution is -0.129. The second-order valence-corrected chi connectivity index (χ2v) is 5.39. The van der Waals surface area contributed by atoms with E-state index in [9.17, 15) is 9.59 Å². The number of hydrogen-bond acceptors (Lipinski definition) is 2. The van der Waals surface area contributed by atoms with Crippen molar-refractivity contribution in [3.63, 3.8) is 0 Å². The van der Waals surface area contributed by atoms with Crippen LogP contribution in [0.5, 0.6) is 0 Å². The zero-order valence-corrected chi connectivity index (χ0v) is 12.2. The number of rotatable bonds is 4. The Hall–Kier alpha value is -1.84. The normalized spacial score (nSPS) is 14.4. The summed E-state index contributed by atoms with van der Waals surface area (Å²) in [5.74, 6) is 0.0326. The lowest BCUT2D eigenvalue weighted by Gasteiger charge is -2.15. The average molecular weight is 274 g/mol. The van der Waals surface area contributed by atoms with Gasteiger partial charge in [-0.25, -0.2) is 0 Å². The van der Waals surface area contributed by atoms with Gasteiger partial charge in [0.15, 0.2) is 0 Å². The van der Waals surface area contributed by atoms with Crippen molar-refractivity contribution in [3.05, 3.63) is 34.9 Å². The largest absolute Gasteiger partial charge is 0.352 e. The lowest BCUT2D eigenvalue weighted by Crippen LogP contribution is -2.32. The molecule has 0 atom stereocenters. The number of benzene rings is 1. The molecule has 1 aromatic carbocycles. The molecule has 1 aliphatic rings. The summed E-state index contributed by atoms with van der Waals surface area (Å²) in [6.45, 7) is 6.14. The SMILES string of the molecule is Cc1ccc(C(=O)NCCC(=O)N2CCCC2)cc1C. The van der Waals surface area contributed by atoms with Crippen LogP contribution in [0.4, 0.5) is 0 Å². The van der Waals surface area contributed by atoms with E-state index in [2.05, 4.69) is 5.32 Å². The molecule has 2 rings (SSSR count). The predicted octanol–water partition coefficient (Wildman–Crippen LogP) is 2.05. The molecule has 0 saturated carbocycles. The first-order valence-electron chi connectivity index (χ1n) is 7.21. The Morgan fingerprint density at radius 3 is 2.50 bits per heavy atom. The van der Waals surface area contributed by atoms with E-state index in [4.69, 9.17) is 0 Å². The molecule has 0 aliphatic carbocycles. The molecule has 20 heavy (non-hydrogen) atoms. The van der Waals surface area contributed by atoms with Crippen LogP contribution in [0.3, 0.4) is 0 Å². The molecule has 1 N–H and O–H groups in total. The van der Waals surface area contributed by atoms with Gasteiger partial charge < -0.3 is 10.2 Å². The van der Waals surface area contributed by atoms with Gasteiger partial charge in [0.2, 0.25) is 5.91 Å². The van der Waals surface area contributed by atoms with Crippen molar-refractivity contribution in [2.45, 2.75) is 33.1 Å². The van der Waals surface area contributed by atoms with Crippen LogP contribution >= 0.6 is 0 Å². The van der Waals surface area contributed by atoms with Crippen LogP contribution in [0.15, 0.2) is 18.2 Å². The van der Waals surface area contributed by atoms with Crippen molar-refractivity contribution >= 4 is 11.8 Å². The van der Waals surface area contributed by atoms with E-state index in [1.165, 1.54) is 5.56 Å². The van der Waals surface area contributed by atoms with Gasteiger partial charge in [-0.2, -0.15) is 0 Å². The molecule has 0 unspecified atom stereocenters. The molecule has 0 bridgehead atoms. The Labute approximate surface area is 120 Å². The van der Waals surface area contributed by atoms with Gasteiger partial charge in [0, 0.05) is 31.6 Å². The molecule has 4 nitrogen and oxygen atoms in total. The molecular weight excluding hydrogens is 252 g/mol. The van der Waals surface area contributed by atoms with Crippen LogP contribution in [-0.2, 0) is 4.79 Å². The fourth-order valence-electron chi connectivity index (χ4n) is 2.39. The van der Waals surface area contributed by atoms with Gasteiger partial charge in [0.1, 0.15) is 0 Å². The van der Waals surface area contributed by atoms with E-state index in [1.807, 2.05) is 36.9 Å². The topological polar surface area (TPSA) is 49.4 Å². The van der Waals surface area contributed by atoms with Gasteiger partial charge >= 0.3 is 0 Å². The van der Waals surface area contributed by atoms with Crippen molar-refractivity contribution in [1.82, 2.24) is 10.2 Å². The molecule has 1 fully saturated rings. The molecule has 108 valence electrons. The number of carbonyl (C=O) groups is 2. The van der Waals surface area contributed by atoms with Gasteiger partial charge in [-0.3, -0.25) is 9.59 Å². The highest BCUT2D eigenvalue weighted by atomic mass is 16.2. The number of nitrogens with zero attached hydrogens (tertiary/aromatic N) is 1. The first-order valence-corrected chi connectivity index (χ1v) is 7.21. The van der Waals surface area contributed by atoms with Gasteiger partial charge in [-0.15, -0.1) is 0 Å². The summed E-state index contributed by atoms with van der Waals surface area (Å²) >= 11 is 0. The van der Waals surface area contributed by atoms with Crippen molar-refractivity contribution in [2.75, 3.05) is 19.6 Å². The Morgan fingerprint density at radius 1 is 1.15 bits per heavy atom. The highest BCUT2D eigenvalue weighted by molar-refractivity contribution is 5.94. The lowest BCUT2D eigenvalue weighted by atomic mass is 10.1. The molecule has 0 spiro atoms. The summed E-state index contributed by atoms with van der Waals surface area (Å²) in [7, 11) is 0. The van der Waals surface area contributed by atoms with Crippen LogP contribution in [0.25, 0.3) is 0 Å². The quantitative estimate of drug-likeness (QED) is 0.913. The van der Waals surface area contributed by atoms with Crippen LogP contribution in [0, 0.1) is 13.8 Å². The number of aryl methyl sites for hydroxylation is 2. The van der Waals surface area contributed by atoms with Gasteiger partial charge in [-0.05, 0) is 49.9 Å². The number of amides is 2. The second-order valence-electron chi connectivity index (χ2n) is 5.39. The maximum Gasteiger partial charge on any atom is 0.251 e. The minimum atomic E-state index is -0.109. The maximum atomic E-state index is 12.0. The van der Waals surface area contributed by atoms with E-state index < -0.39 is 0 Å². The van der Waals surface area contributed by atoms with Gasteiger partial charge in [0.05, 0.1) is 0 Å². The number of nitrogens with one attached hydrogen (secondary N) is 1. The summed E-state index contributed by atoms with van der Waals surface area (Å²) in [6.07, 6.45) is 2.58. The predicted molar refractivity (Wildman–Crippen MR) is 78.7 cm³/mol. The minimum absolute atomic E-state index is 0.109. The Balaban J connectivity index is 1.79. The third-order valence-electron chi connectivity index (χ3n) is 3.85. The third kappa shape index (κ3) is 3.59. The molecule has 4 heteroatoms. The summed E-state index contributed by atoms with van der Waals surface area (Å²) in [5, 5.41) is 2.81. The molecular formula is C16H22N2O2. The Bertz CT molecular complexity index is 505. The van der Waals surface area contributed by atoms with Gasteiger partial charge in [-0.1, -0.05) is 6.07 Å². The molecule has 0 radical (unpaired) electrons. The molecule has 0 aromatic heterocycles. The summed E-state index contributed by atoms with van der Waals surface area (Å²) in [4.78, 5) is 25.7. The molecule has 1 aliphatic heterocycles. The monoisotopic (exact) mass is 274 g/mol. The van der Waals surface area contributed by atoms with E-state index in [1.54, 1.807) is 0 Å². The first-order chi connectivity index (χ1) is 9.58. The van der Waals surface area contributed by atoms with Crippen molar-refractivity contribution in [2.24, 2.45) is 0 Å². The average Bonchev–Trinajstić information content (AvgIpc) is 2.95. The minimum Gasteiger partial charge on any atom is -0.352 e. The van der Waals surface area contributed by atoms with Crippen molar-refractivity contribution in [3.8, 4) is 0 Å². The number of hydrogen-bond donors (Lipinski definition) is 1. The zero-order valence-electron chi connectivity index (χ0n) is 12.2. The van der Waals surface area contributed by atoms with Crippen LogP contribution in [0.1, 0.15) is 40.7 Å². The van der Waals surface area contributed by atoms with Crippen LogP contribution in [-0.4, -0.2) is 36.3 Å². The molecule has 1 saturated heterocycles. The van der Waals surface area contributed by atoms with E-state index in [0.717, 1.165) is 31.5 Å². The highest BCUT2D eigenvalue weighted by Gasteiger charge is 2.17. The highest BCUT2D eigenvalue weighted by Crippen LogP contribution is 2.10. The number of carbonyl (C=O) groups excluding carboxylic acids is 2. The smallest absolute Gasteiger partial charge is 0.251 e. The van der Waals surface area contributed by atoms with Crippen LogP contribution in [0.2, 0.25) is 0 Å². The van der Waals surface area contributed by atoms with Gasteiger partial charge in [0.25, 0.3) is 5.91 Å². The summed E-state index contributed by atoms with van der Waals surface area (Å²) < 4.78 is 0. The van der Waals surface area contributed by atoms with E-state index in [0.29, 0.717) is 18.5 Å². The number of likely N-dealkylation sites (tertiary alicyclic amines) is 1. The molecule has 1 heterocycles. The fourth-order valence-corrected chi connectivity index (χ4v) is 2.39. The van der Waals surface area contributed by atoms with Crippen LogP contribution < -0.4 is 5.32 Å². The standard InChI is InChI=1S/C16H22N2O2/c1-12-5-6-14(11-13(12)2)16(20)17-8-7-15(19)18-9-3-4-10-18/h5-6,11H,3-4,7-10H2,1-2H3,(H,17,20). The van der Waals surface area contributed by atoms with E-state index in [-0.39, 0.29) is 11.8 Å². The summed E-state index contributed by atoms with van der Waals surface area (Å²) in [5.41, 5.74) is 2.93.